The number of benzene rings is 3. The zero-order valence-electron chi connectivity index (χ0n) is 19.3. The highest BCUT2D eigenvalue weighted by Gasteiger charge is 2.40. The molecule has 1 N–H and O–H groups in total. The third kappa shape index (κ3) is 4.46. The molecule has 0 fully saturated rings. The summed E-state index contributed by atoms with van der Waals surface area (Å²) in [4.78, 5) is 30.3. The number of amides is 2. The van der Waals surface area contributed by atoms with Crippen molar-refractivity contribution in [3.8, 4) is 5.75 Å². The molecule has 0 unspecified atom stereocenters. The summed E-state index contributed by atoms with van der Waals surface area (Å²) in [5.41, 5.74) is 4.52. The molecule has 1 aliphatic heterocycles. The zero-order valence-corrected chi connectivity index (χ0v) is 19.3. The van der Waals surface area contributed by atoms with Crippen LogP contribution in [0, 0.1) is 6.92 Å². The summed E-state index contributed by atoms with van der Waals surface area (Å²) < 4.78 is 5.53. The van der Waals surface area contributed by atoms with E-state index in [4.69, 9.17) is 4.74 Å². The molecule has 3 aromatic rings. The van der Waals surface area contributed by atoms with E-state index < -0.39 is 0 Å². The average Bonchev–Trinajstić information content (AvgIpc) is 3.04. The van der Waals surface area contributed by atoms with E-state index in [1.54, 1.807) is 6.07 Å². The van der Waals surface area contributed by atoms with Gasteiger partial charge in [-0.3, -0.25) is 9.59 Å². The third-order valence-corrected chi connectivity index (χ3v) is 5.45. The number of anilines is 3. The van der Waals surface area contributed by atoms with Crippen molar-refractivity contribution in [2.24, 2.45) is 0 Å². The first-order valence-electron chi connectivity index (χ1n) is 10.9. The predicted molar refractivity (Wildman–Crippen MR) is 133 cm³/mol. The van der Waals surface area contributed by atoms with Crippen molar-refractivity contribution < 1.29 is 14.3 Å². The molecule has 0 atom stereocenters. The van der Waals surface area contributed by atoms with Crippen molar-refractivity contribution in [2.75, 3.05) is 35.8 Å². The van der Waals surface area contributed by atoms with Gasteiger partial charge in [-0.2, -0.15) is 0 Å². The van der Waals surface area contributed by atoms with Gasteiger partial charge < -0.3 is 15.0 Å². The molecule has 6 nitrogen and oxygen atoms in total. The maximum atomic E-state index is 13.6. The van der Waals surface area contributed by atoms with Crippen LogP contribution in [0.4, 0.5) is 17.1 Å². The lowest BCUT2D eigenvalue weighted by atomic mass is 10.0. The highest BCUT2D eigenvalue weighted by molar-refractivity contribution is 6.46. The second-order valence-corrected chi connectivity index (χ2v) is 8.06. The number of nitrogens with zero attached hydrogens (tertiary/aromatic N) is 2. The van der Waals surface area contributed by atoms with Crippen LogP contribution in [-0.2, 0) is 9.59 Å². The van der Waals surface area contributed by atoms with Gasteiger partial charge in [0.15, 0.2) is 0 Å². The molecular formula is C27H27N3O3. The molecule has 0 saturated heterocycles. The monoisotopic (exact) mass is 441 g/mol. The van der Waals surface area contributed by atoms with Crippen LogP contribution in [-0.4, -0.2) is 32.5 Å². The van der Waals surface area contributed by atoms with Crippen molar-refractivity contribution in [1.82, 2.24) is 0 Å². The number of hydrogen-bond donors (Lipinski definition) is 1. The highest BCUT2D eigenvalue weighted by atomic mass is 16.5. The fourth-order valence-corrected chi connectivity index (χ4v) is 3.79. The first-order chi connectivity index (χ1) is 15.9. The van der Waals surface area contributed by atoms with Gasteiger partial charge >= 0.3 is 0 Å². The summed E-state index contributed by atoms with van der Waals surface area (Å²) in [6.45, 7) is 4.40. The average molecular weight is 442 g/mol. The largest absolute Gasteiger partial charge is 0.494 e. The Morgan fingerprint density at radius 2 is 1.61 bits per heavy atom. The molecule has 0 aliphatic carbocycles. The minimum atomic E-state index is -0.383. The van der Waals surface area contributed by atoms with Crippen LogP contribution in [0.5, 0.6) is 5.75 Å². The van der Waals surface area contributed by atoms with Crippen LogP contribution in [0.1, 0.15) is 18.1 Å². The van der Waals surface area contributed by atoms with Crippen LogP contribution in [0.3, 0.4) is 0 Å². The molecule has 4 rings (SSSR count). The maximum absolute atomic E-state index is 13.6. The first kappa shape index (κ1) is 22.1. The quantitative estimate of drug-likeness (QED) is 0.531. The van der Waals surface area contributed by atoms with Crippen molar-refractivity contribution in [1.29, 1.82) is 0 Å². The van der Waals surface area contributed by atoms with E-state index in [1.807, 2.05) is 99.6 Å². The number of hydrogen-bond acceptors (Lipinski definition) is 5. The van der Waals surface area contributed by atoms with Crippen LogP contribution >= 0.6 is 0 Å². The molecule has 0 aromatic heterocycles. The van der Waals surface area contributed by atoms with Gasteiger partial charge in [-0.05, 0) is 73.5 Å². The molecule has 1 aliphatic rings. The molecular weight excluding hydrogens is 414 g/mol. The summed E-state index contributed by atoms with van der Waals surface area (Å²) in [5, 5.41) is 3.21. The first-order valence-corrected chi connectivity index (χ1v) is 10.9. The number of carbonyl (C=O) groups excluding carboxylic acids is 2. The lowest BCUT2D eigenvalue weighted by Crippen LogP contribution is -2.32. The van der Waals surface area contributed by atoms with Crippen molar-refractivity contribution in [3.63, 3.8) is 0 Å². The number of carbonyl (C=O) groups is 2. The van der Waals surface area contributed by atoms with Crippen molar-refractivity contribution in [2.45, 2.75) is 13.8 Å². The Morgan fingerprint density at radius 3 is 2.21 bits per heavy atom. The molecule has 33 heavy (non-hydrogen) atoms. The van der Waals surface area contributed by atoms with Gasteiger partial charge in [0.05, 0.1) is 17.9 Å². The second kappa shape index (κ2) is 9.20. The van der Waals surface area contributed by atoms with Gasteiger partial charge in [-0.1, -0.05) is 24.3 Å². The molecule has 0 radical (unpaired) electrons. The summed E-state index contributed by atoms with van der Waals surface area (Å²) >= 11 is 0. The summed E-state index contributed by atoms with van der Waals surface area (Å²) in [7, 11) is 3.93. The number of rotatable bonds is 7. The lowest BCUT2D eigenvalue weighted by molar-refractivity contribution is -0.120. The molecule has 2 amide bonds. The lowest BCUT2D eigenvalue weighted by Gasteiger charge is -2.16. The Morgan fingerprint density at radius 1 is 0.909 bits per heavy atom. The van der Waals surface area contributed by atoms with E-state index in [1.165, 1.54) is 4.90 Å². The topological polar surface area (TPSA) is 61.9 Å². The summed E-state index contributed by atoms with van der Waals surface area (Å²) in [6.07, 6.45) is 0. The highest BCUT2D eigenvalue weighted by Crippen LogP contribution is 2.34. The molecule has 1 heterocycles. The Balaban J connectivity index is 1.76. The molecule has 168 valence electrons. The van der Waals surface area contributed by atoms with Crippen LogP contribution in [0.25, 0.3) is 5.57 Å². The van der Waals surface area contributed by atoms with Gasteiger partial charge in [0.2, 0.25) is 0 Å². The number of ether oxygens (including phenoxy) is 1. The number of nitrogens with one attached hydrogen (secondary N) is 1. The maximum Gasteiger partial charge on any atom is 0.282 e. The van der Waals surface area contributed by atoms with Crippen LogP contribution in [0.15, 0.2) is 78.5 Å². The standard InChI is InChI=1S/C27H27N3O3/c1-5-33-23-15-9-19(10-16-23)24-25(28-20-11-13-21(14-12-20)29(3)4)27(32)30(26(24)31)22-8-6-7-18(2)17-22/h6-17,28H,5H2,1-4H3. The Labute approximate surface area is 194 Å². The Kier molecular flexibility index (Phi) is 6.18. The van der Waals surface area contributed by atoms with Crippen LogP contribution in [0.2, 0.25) is 0 Å². The third-order valence-electron chi connectivity index (χ3n) is 5.45. The smallest absolute Gasteiger partial charge is 0.282 e. The Bertz CT molecular complexity index is 1210. The van der Waals surface area contributed by atoms with Gasteiger partial charge in [0, 0.05) is 25.5 Å². The van der Waals surface area contributed by atoms with E-state index in [-0.39, 0.29) is 17.5 Å². The predicted octanol–water partition coefficient (Wildman–Crippen LogP) is 4.86. The van der Waals surface area contributed by atoms with Crippen molar-refractivity contribution >= 4 is 34.4 Å². The van der Waals surface area contributed by atoms with Crippen molar-refractivity contribution in [3.05, 3.63) is 89.6 Å². The molecule has 6 heteroatoms. The fourth-order valence-electron chi connectivity index (χ4n) is 3.79. The fraction of sp³-hybridized carbons (Fsp3) is 0.185. The summed E-state index contributed by atoms with van der Waals surface area (Å²) in [6, 6.07) is 22.3. The molecule has 0 bridgehead atoms. The van der Waals surface area contributed by atoms with Crippen LogP contribution < -0.4 is 19.9 Å². The van der Waals surface area contributed by atoms with Gasteiger partial charge in [0.25, 0.3) is 11.8 Å². The molecule has 0 spiro atoms. The zero-order chi connectivity index (χ0) is 23.5. The van der Waals surface area contributed by atoms with E-state index in [2.05, 4.69) is 5.32 Å². The minimum absolute atomic E-state index is 0.253. The van der Waals surface area contributed by atoms with Gasteiger partial charge in [-0.25, -0.2) is 4.90 Å². The number of aryl methyl sites for hydroxylation is 1. The Hall–Kier alpha value is -4.06. The van der Waals surface area contributed by atoms with E-state index >= 15 is 0 Å². The number of imide groups is 1. The minimum Gasteiger partial charge on any atom is -0.494 e. The summed E-state index contributed by atoms with van der Waals surface area (Å²) in [5.74, 6) is -0.0312. The second-order valence-electron chi connectivity index (χ2n) is 8.06. The normalized spacial score (nSPS) is 13.5. The molecule has 3 aromatic carbocycles. The van der Waals surface area contributed by atoms with E-state index in [0.717, 1.165) is 16.9 Å². The van der Waals surface area contributed by atoms with E-state index in [9.17, 15) is 9.59 Å². The van der Waals surface area contributed by atoms with Gasteiger partial charge in [0.1, 0.15) is 11.4 Å². The van der Waals surface area contributed by atoms with E-state index in [0.29, 0.717) is 29.2 Å². The van der Waals surface area contributed by atoms with Gasteiger partial charge in [-0.15, -0.1) is 0 Å². The molecule has 0 saturated carbocycles. The SMILES string of the molecule is CCOc1ccc(C2=C(Nc3ccc(N(C)C)cc3)C(=O)N(c3cccc(C)c3)C2=O)cc1.